The molecule has 0 heterocycles. The molecule has 4 saturated carbocycles. The van der Waals surface area contributed by atoms with E-state index < -0.39 is 11.9 Å². The van der Waals surface area contributed by atoms with E-state index >= 15 is 0 Å². The maximum atomic E-state index is 13.0. The molecular weight excluding hydrogens is 268 g/mol. The number of fused-ring (bicyclic) bond motifs is 1. The van der Waals surface area contributed by atoms with E-state index in [4.69, 9.17) is 5.11 Å². The molecule has 0 radical (unpaired) electrons. The van der Waals surface area contributed by atoms with Crippen molar-refractivity contribution < 1.29 is 23.5 Å². The minimum absolute atomic E-state index is 0.0821. The van der Waals surface area contributed by atoms with Gasteiger partial charge in [-0.3, -0.25) is 9.59 Å². The van der Waals surface area contributed by atoms with Crippen LogP contribution in [0.3, 0.4) is 0 Å². The van der Waals surface area contributed by atoms with Crippen LogP contribution in [0.15, 0.2) is 0 Å². The molecule has 4 aliphatic rings. The fourth-order valence-electron chi connectivity index (χ4n) is 4.27. The van der Waals surface area contributed by atoms with Crippen LogP contribution in [0.5, 0.6) is 0 Å². The smallest absolute Gasteiger partial charge is 0.306 e. The van der Waals surface area contributed by atoms with Gasteiger partial charge in [0.15, 0.2) is 0 Å². The third-order valence-electron chi connectivity index (χ3n) is 5.58. The second-order valence-electron chi connectivity index (χ2n) is 6.98. The van der Waals surface area contributed by atoms with E-state index in [9.17, 15) is 18.4 Å². The number of carbonyl (C=O) groups excluding carboxylic acids is 1. The molecule has 4 fully saturated rings. The van der Waals surface area contributed by atoms with E-state index in [0.717, 1.165) is 6.42 Å². The van der Waals surface area contributed by atoms with Crippen molar-refractivity contribution in [3.63, 3.8) is 0 Å². The monoisotopic (exact) mass is 285 g/mol. The number of carboxylic acids is 1. The third kappa shape index (κ3) is 1.91. The lowest BCUT2D eigenvalue weighted by Crippen LogP contribution is -2.31. The summed E-state index contributed by atoms with van der Waals surface area (Å²) in [5.74, 6) is -3.62. The van der Waals surface area contributed by atoms with E-state index in [2.05, 4.69) is 5.32 Å². The lowest BCUT2D eigenvalue weighted by molar-refractivity contribution is -0.138. The van der Waals surface area contributed by atoms with E-state index in [0.29, 0.717) is 12.3 Å². The van der Waals surface area contributed by atoms with Gasteiger partial charge in [0.2, 0.25) is 11.8 Å². The Morgan fingerprint density at radius 3 is 2.25 bits per heavy atom. The predicted molar refractivity (Wildman–Crippen MR) is 63.9 cm³/mol. The number of nitrogens with one attached hydrogen (secondary N) is 1. The predicted octanol–water partition coefficient (Wildman–Crippen LogP) is 1.50. The second-order valence-corrected chi connectivity index (χ2v) is 6.98. The summed E-state index contributed by atoms with van der Waals surface area (Å²) in [6, 6.07) is 0.0821. The zero-order chi connectivity index (χ0) is 14.2. The summed E-state index contributed by atoms with van der Waals surface area (Å²) in [5, 5.41) is 11.8. The number of carbonyl (C=O) groups is 2. The Morgan fingerprint density at radius 2 is 1.70 bits per heavy atom. The molecule has 20 heavy (non-hydrogen) atoms. The highest BCUT2D eigenvalue weighted by Crippen LogP contribution is 2.63. The van der Waals surface area contributed by atoms with Crippen LogP contribution in [0.25, 0.3) is 0 Å². The molecule has 7 atom stereocenters. The van der Waals surface area contributed by atoms with Crippen LogP contribution in [0.4, 0.5) is 8.78 Å². The molecule has 4 rings (SSSR count). The highest BCUT2D eigenvalue weighted by Gasteiger charge is 2.66. The molecule has 4 aliphatic carbocycles. The molecule has 0 aromatic rings. The van der Waals surface area contributed by atoms with Crippen LogP contribution in [0.2, 0.25) is 0 Å². The lowest BCUT2D eigenvalue weighted by atomic mass is 10.1. The number of halogens is 2. The fourth-order valence-corrected chi connectivity index (χ4v) is 4.27. The Balaban J connectivity index is 1.25. The van der Waals surface area contributed by atoms with Gasteiger partial charge in [-0.15, -0.1) is 0 Å². The van der Waals surface area contributed by atoms with Crippen LogP contribution in [0, 0.1) is 35.5 Å². The summed E-state index contributed by atoms with van der Waals surface area (Å²) >= 11 is 0. The zero-order valence-electron chi connectivity index (χ0n) is 10.9. The highest BCUT2D eigenvalue weighted by atomic mass is 19.3. The Hall–Kier alpha value is -1.20. The molecule has 1 amide bonds. The normalized spacial score (nSPS) is 50.2. The highest BCUT2D eigenvalue weighted by molar-refractivity contribution is 5.83. The van der Waals surface area contributed by atoms with Crippen LogP contribution in [-0.2, 0) is 9.59 Å². The van der Waals surface area contributed by atoms with Crippen LogP contribution < -0.4 is 5.32 Å². The van der Waals surface area contributed by atoms with Crippen molar-refractivity contribution in [2.24, 2.45) is 35.5 Å². The summed E-state index contributed by atoms with van der Waals surface area (Å²) in [7, 11) is 0. The van der Waals surface area contributed by atoms with E-state index in [-0.39, 0.29) is 54.4 Å². The number of carboxylic acid groups (broad SMARTS) is 1. The molecule has 6 heteroatoms. The van der Waals surface area contributed by atoms with Crippen molar-refractivity contribution in [1.82, 2.24) is 5.32 Å². The van der Waals surface area contributed by atoms with Crippen LogP contribution >= 0.6 is 0 Å². The maximum absolute atomic E-state index is 13.0. The first-order chi connectivity index (χ1) is 9.37. The number of hydrogen-bond donors (Lipinski definition) is 2. The Bertz CT molecular complexity index is 481. The van der Waals surface area contributed by atoms with Gasteiger partial charge in [0, 0.05) is 24.8 Å². The molecular formula is C14H17F2NO3. The molecule has 0 saturated heterocycles. The Morgan fingerprint density at radius 1 is 1.05 bits per heavy atom. The van der Waals surface area contributed by atoms with Crippen molar-refractivity contribution in [3.05, 3.63) is 0 Å². The molecule has 1 unspecified atom stereocenters. The average Bonchev–Trinajstić information content (AvgIpc) is 3.18. The summed E-state index contributed by atoms with van der Waals surface area (Å²) in [4.78, 5) is 22.8. The van der Waals surface area contributed by atoms with Gasteiger partial charge in [0.05, 0.1) is 5.92 Å². The lowest BCUT2D eigenvalue weighted by Gasteiger charge is -2.13. The standard InChI is InChI=1S/C14H17F2NO3/c15-14(16)3-8-9(4-14)11(8)12(18)17-10-2-6(10)5-1-7(5)13(19)20/h5-11H,1-4H2,(H,17,18)(H,19,20)/t5-,6+,7-,8-,9+,10+,11?/m1/s1. The van der Waals surface area contributed by atoms with Gasteiger partial charge in [-0.05, 0) is 36.5 Å². The minimum atomic E-state index is -2.57. The molecule has 0 aromatic carbocycles. The average molecular weight is 285 g/mol. The number of amides is 1. The molecule has 0 bridgehead atoms. The van der Waals surface area contributed by atoms with E-state index in [1.54, 1.807) is 0 Å². The van der Waals surface area contributed by atoms with Crippen molar-refractivity contribution in [3.8, 4) is 0 Å². The first-order valence-electron chi connectivity index (χ1n) is 7.28. The van der Waals surface area contributed by atoms with Gasteiger partial charge >= 0.3 is 5.97 Å². The first kappa shape index (κ1) is 12.5. The molecule has 0 aromatic heterocycles. The summed E-state index contributed by atoms with van der Waals surface area (Å²) in [6.45, 7) is 0. The fraction of sp³-hybridized carbons (Fsp3) is 0.857. The number of aliphatic carboxylic acids is 1. The van der Waals surface area contributed by atoms with Gasteiger partial charge < -0.3 is 10.4 Å². The number of rotatable bonds is 4. The second kappa shape index (κ2) is 3.71. The quantitative estimate of drug-likeness (QED) is 0.822. The Kier molecular flexibility index (Phi) is 2.32. The number of hydrogen-bond acceptors (Lipinski definition) is 2. The van der Waals surface area contributed by atoms with E-state index in [1.807, 2.05) is 0 Å². The van der Waals surface area contributed by atoms with Crippen molar-refractivity contribution >= 4 is 11.9 Å². The summed E-state index contributed by atoms with van der Waals surface area (Å²) in [6.07, 6.45) is 1.27. The molecule has 2 N–H and O–H groups in total. The zero-order valence-corrected chi connectivity index (χ0v) is 10.9. The Labute approximate surface area is 114 Å². The van der Waals surface area contributed by atoms with Crippen molar-refractivity contribution in [2.75, 3.05) is 0 Å². The molecule has 0 aliphatic heterocycles. The maximum Gasteiger partial charge on any atom is 0.306 e. The SMILES string of the molecule is O=C(N[C@H]1C[C@H]1[C@H]1C[C@H]1C(=O)O)C1[C@H]2CC(F)(F)C[C@@H]12. The largest absolute Gasteiger partial charge is 0.481 e. The van der Waals surface area contributed by atoms with Crippen LogP contribution in [-0.4, -0.2) is 28.9 Å². The van der Waals surface area contributed by atoms with E-state index in [1.165, 1.54) is 0 Å². The van der Waals surface area contributed by atoms with Gasteiger partial charge in [-0.25, -0.2) is 8.78 Å². The third-order valence-corrected chi connectivity index (χ3v) is 5.58. The van der Waals surface area contributed by atoms with Gasteiger partial charge in [-0.2, -0.15) is 0 Å². The van der Waals surface area contributed by atoms with Crippen molar-refractivity contribution in [2.45, 2.75) is 37.6 Å². The topological polar surface area (TPSA) is 66.4 Å². The van der Waals surface area contributed by atoms with Crippen LogP contribution in [0.1, 0.15) is 25.7 Å². The van der Waals surface area contributed by atoms with Crippen molar-refractivity contribution in [1.29, 1.82) is 0 Å². The number of alkyl halides is 2. The summed E-state index contributed by atoms with van der Waals surface area (Å²) in [5.41, 5.74) is 0. The van der Waals surface area contributed by atoms with Gasteiger partial charge in [-0.1, -0.05) is 0 Å². The molecule has 0 spiro atoms. The summed E-state index contributed by atoms with van der Waals surface area (Å²) < 4.78 is 26.1. The minimum Gasteiger partial charge on any atom is -0.481 e. The molecule has 110 valence electrons. The molecule has 4 nitrogen and oxygen atoms in total. The van der Waals surface area contributed by atoms with Gasteiger partial charge in [0.1, 0.15) is 0 Å². The van der Waals surface area contributed by atoms with Gasteiger partial charge in [0.25, 0.3) is 0 Å². The first-order valence-corrected chi connectivity index (χ1v) is 7.28.